The highest BCUT2D eigenvalue weighted by molar-refractivity contribution is 7.90. The normalized spacial score (nSPS) is 13.7. The number of anilines is 8. The van der Waals surface area contributed by atoms with Gasteiger partial charge in [0, 0.05) is 78.1 Å². The third kappa shape index (κ3) is 23.4. The van der Waals surface area contributed by atoms with Gasteiger partial charge in [-0.25, -0.2) is 59.0 Å². The van der Waals surface area contributed by atoms with E-state index in [2.05, 4.69) is 91.4 Å². The number of rotatable bonds is 26. The summed E-state index contributed by atoms with van der Waals surface area (Å²) >= 11 is 0. The number of benzene rings is 4. The predicted molar refractivity (Wildman–Crippen MR) is 394 cm³/mol. The number of aliphatic hydroxyl groups is 1. The molecule has 114 heavy (non-hydrogen) atoms. The number of carbonyl (C=O) groups is 2. The number of sulfone groups is 1. The highest BCUT2D eigenvalue weighted by Gasteiger charge is 2.27. The average Bonchev–Trinajstić information content (AvgIpc) is 1.52. The number of nitrogens with one attached hydrogen (secondary N) is 5. The number of alkyl halides is 1. The van der Waals surface area contributed by atoms with Crippen LogP contribution >= 0.6 is 0 Å². The van der Waals surface area contributed by atoms with Crippen molar-refractivity contribution in [1.29, 1.82) is 0 Å². The lowest BCUT2D eigenvalue weighted by Gasteiger charge is -2.26. The molecule has 4 fully saturated rings. The van der Waals surface area contributed by atoms with Gasteiger partial charge in [-0.3, -0.25) is 5.10 Å². The zero-order valence-corrected chi connectivity index (χ0v) is 61.4. The average molecular weight is 1600 g/mol. The van der Waals surface area contributed by atoms with Crippen molar-refractivity contribution in [1.82, 2.24) is 79.4 Å². The second-order valence-corrected chi connectivity index (χ2v) is 26.2. The van der Waals surface area contributed by atoms with E-state index in [1.54, 1.807) is 105 Å². The third-order valence-electron chi connectivity index (χ3n) is 15.4. The number of hydrogen-bond acceptors (Lipinski definition) is 31. The van der Waals surface area contributed by atoms with E-state index in [1.807, 2.05) is 0 Å². The van der Waals surface area contributed by atoms with Crippen LogP contribution in [0.1, 0.15) is 46.2 Å². The number of aromatic nitrogens is 16. The molecule has 0 spiro atoms. The summed E-state index contributed by atoms with van der Waals surface area (Å²) in [6, 6.07) is 35.9. The van der Waals surface area contributed by atoms with Gasteiger partial charge in [-0.05, 0) is 135 Å². The lowest BCUT2D eigenvalue weighted by molar-refractivity contribution is -0.0815. The van der Waals surface area contributed by atoms with E-state index < -0.39 is 22.5 Å². The molecule has 12 heterocycles. The van der Waals surface area contributed by atoms with Gasteiger partial charge in [0.1, 0.15) is 83.3 Å². The number of nitrogens with zero attached hydrogens (tertiary/aromatic N) is 15. The molecular weight excluding hydrogens is 1520 g/mol. The van der Waals surface area contributed by atoms with E-state index in [0.29, 0.717) is 129 Å². The van der Waals surface area contributed by atoms with E-state index in [9.17, 15) is 45.1 Å². The van der Waals surface area contributed by atoms with Crippen molar-refractivity contribution in [3.63, 3.8) is 0 Å². The number of carbonyl (C=O) groups excluding carboxylic acids is 2. The Balaban J connectivity index is 0.000000135. The van der Waals surface area contributed by atoms with Crippen molar-refractivity contribution in [2.45, 2.75) is 56.7 Å². The molecule has 0 aliphatic carbocycles. The minimum Gasteiger partial charge on any atom is -0.469 e. The number of aliphatic hydroxyl groups excluding tert-OH is 1. The van der Waals surface area contributed by atoms with Gasteiger partial charge in [-0.2, -0.15) is 55.3 Å². The molecule has 0 bridgehead atoms. The van der Waals surface area contributed by atoms with E-state index in [1.165, 1.54) is 93.0 Å². The SMILES string of the molecule is CCOC(=O)c1ccn(-c2nc(Nc3ccc(F)cc3)cc(OC3COC3)n2)n1.CCOC(=O)c1ccn[nH]1.CS(=O)(=O)c1nc(Nc2ccc(F)cc2)cc(OC2COC2)n1.FCc1ccn(-c2nc(Nc3ccc(F)cc3)cc(OC3COC3)n2)n1.OCc1ccn(-c2nc(Nc3ccc(F)cc3)cc(OC3COC3)n2)n1. The molecule has 6 N–H and O–H groups in total. The molecule has 0 amide bonds. The fourth-order valence-corrected chi connectivity index (χ4v) is 10.1. The highest BCUT2D eigenvalue weighted by atomic mass is 32.2. The fraction of sp³-hybridized carbons (Fsp3) is 0.260. The molecular formula is C73H71F5N20O15S. The molecule has 12 aromatic rings. The largest absolute Gasteiger partial charge is 0.469 e. The Morgan fingerprint density at radius 2 is 0.807 bits per heavy atom. The van der Waals surface area contributed by atoms with Crippen LogP contribution in [0, 0.1) is 23.3 Å². The Morgan fingerprint density at radius 1 is 0.465 bits per heavy atom. The van der Waals surface area contributed by atoms with Gasteiger partial charge in [0.15, 0.2) is 5.69 Å². The number of H-pyrrole nitrogens is 1. The topological polar surface area (TPSA) is 414 Å². The van der Waals surface area contributed by atoms with Gasteiger partial charge in [0.2, 0.25) is 33.4 Å². The van der Waals surface area contributed by atoms with E-state index in [-0.39, 0.29) is 113 Å². The van der Waals surface area contributed by atoms with Crippen molar-refractivity contribution in [3.8, 4) is 41.4 Å². The van der Waals surface area contributed by atoms with Crippen LogP contribution in [0.5, 0.6) is 23.5 Å². The summed E-state index contributed by atoms with van der Waals surface area (Å²) in [5.41, 5.74) is 3.83. The summed E-state index contributed by atoms with van der Waals surface area (Å²) in [4.78, 5) is 56.8. The predicted octanol–water partition coefficient (Wildman–Crippen LogP) is 9.23. The number of hydrogen-bond donors (Lipinski definition) is 6. The molecule has 16 rings (SSSR count). The smallest absolute Gasteiger partial charge is 0.358 e. The molecule has 8 aromatic heterocycles. The van der Waals surface area contributed by atoms with E-state index >= 15 is 0 Å². The third-order valence-corrected chi connectivity index (χ3v) is 16.3. The van der Waals surface area contributed by atoms with Crippen LogP contribution in [0.25, 0.3) is 17.8 Å². The Hall–Kier alpha value is -13.2. The number of ether oxygens (including phenoxy) is 10. The van der Waals surface area contributed by atoms with E-state index in [4.69, 9.17) is 42.6 Å². The number of esters is 2. The van der Waals surface area contributed by atoms with Crippen LogP contribution < -0.4 is 40.2 Å². The van der Waals surface area contributed by atoms with Crippen molar-refractivity contribution < 1.29 is 92.4 Å². The van der Waals surface area contributed by atoms with Gasteiger partial charge >= 0.3 is 11.9 Å². The molecule has 4 aliphatic rings. The second-order valence-electron chi connectivity index (χ2n) is 24.3. The maximum Gasteiger partial charge on any atom is 0.358 e. The van der Waals surface area contributed by atoms with E-state index in [0.717, 1.165) is 6.26 Å². The summed E-state index contributed by atoms with van der Waals surface area (Å²) in [5.74, 6) is 1.19. The minimum absolute atomic E-state index is 0.0537. The van der Waals surface area contributed by atoms with Crippen molar-refractivity contribution in [2.24, 2.45) is 0 Å². The Bertz CT molecular complexity index is 5110. The first-order valence-corrected chi connectivity index (χ1v) is 36.6. The first-order valence-electron chi connectivity index (χ1n) is 34.7. The van der Waals surface area contributed by atoms with Crippen LogP contribution in [-0.4, -0.2) is 202 Å². The second kappa shape index (κ2) is 38.6. The molecule has 4 saturated heterocycles. The number of halogens is 5. The summed E-state index contributed by atoms with van der Waals surface area (Å²) in [6.45, 7) is 7.09. The molecule has 0 atom stereocenters. The lowest BCUT2D eigenvalue weighted by Crippen LogP contribution is -2.38. The monoisotopic (exact) mass is 1590 g/mol. The molecule has 0 unspecified atom stereocenters. The Morgan fingerprint density at radius 3 is 1.12 bits per heavy atom. The maximum absolute atomic E-state index is 13.2. The molecule has 4 aromatic carbocycles. The molecule has 35 nitrogen and oxygen atoms in total. The van der Waals surface area contributed by atoms with Crippen LogP contribution in [0.15, 0.2) is 176 Å². The number of aromatic amines is 1. The van der Waals surface area contributed by atoms with Gasteiger partial charge in [0.05, 0.1) is 84.1 Å². The fourth-order valence-electron chi connectivity index (χ4n) is 9.58. The van der Waals surface area contributed by atoms with Gasteiger partial charge in [0.25, 0.3) is 23.0 Å². The molecule has 41 heteroatoms. The Labute approximate surface area is 645 Å². The van der Waals surface area contributed by atoms with Gasteiger partial charge in [-0.1, -0.05) is 0 Å². The first kappa shape index (κ1) is 80.3. The zero-order chi connectivity index (χ0) is 79.9. The summed E-state index contributed by atoms with van der Waals surface area (Å²) in [5, 5.41) is 39.5. The Kier molecular flexibility index (Phi) is 27.2. The summed E-state index contributed by atoms with van der Waals surface area (Å²) in [7, 11) is -3.60. The van der Waals surface area contributed by atoms with Crippen molar-refractivity contribution >= 4 is 67.8 Å². The standard InChI is InChI=1S/C19H18FN5O4.C17H15F2N5O2.C17H16FN5O3.C14H14FN3O4S.C6H8N2O2/c1-2-28-18(26)15-7-8-25(24-15)19-22-16(21-13-5-3-12(20)4-6-13)9-17(23-19)29-14-10-27-11-14;18-8-13-5-6-24(23-13)17-21-15(20-12-3-1-11(19)2-4-12)7-16(22-17)26-14-9-25-10-14;18-11-1-3-12(4-2-11)19-15-7-16(26-14-9-25-10-14)21-17(20-15)23-6-5-13(8-24)22-23;1-23(19,20)14-17-12(16-10-4-2-9(15)3-5-10)6-13(18-14)22-11-7-21-8-11;1-2-10-6(9)5-3-4-7-8-5/h3-9,14H,2,10-11H2,1H3,(H,21,22,23);1-7,14H,8-10H2,(H,20,21,22);1-7,14,24H,8-10H2,(H,19,20,21);2-6,11H,7-8H2,1H3,(H,16,17,18);3-4H,2H2,1H3,(H,7,8). The summed E-state index contributed by atoms with van der Waals surface area (Å²) in [6.07, 6.45) is 6.92. The molecule has 0 radical (unpaired) electrons. The van der Waals surface area contributed by atoms with Crippen molar-refractivity contribution in [2.75, 3.05) is 93.6 Å². The van der Waals surface area contributed by atoms with Gasteiger partial charge < -0.3 is 73.7 Å². The van der Waals surface area contributed by atoms with Crippen LogP contribution in [0.3, 0.4) is 0 Å². The highest BCUT2D eigenvalue weighted by Crippen LogP contribution is 2.28. The van der Waals surface area contributed by atoms with Gasteiger partial charge in [-0.15, -0.1) is 0 Å². The zero-order valence-electron chi connectivity index (χ0n) is 60.6. The molecule has 594 valence electrons. The van der Waals surface area contributed by atoms with Crippen LogP contribution in [0.2, 0.25) is 0 Å². The van der Waals surface area contributed by atoms with Crippen LogP contribution in [0.4, 0.5) is 68.0 Å². The molecule has 0 saturated carbocycles. The minimum atomic E-state index is -3.60. The lowest BCUT2D eigenvalue weighted by atomic mass is 10.3. The van der Waals surface area contributed by atoms with Crippen molar-refractivity contribution in [3.05, 3.63) is 216 Å². The van der Waals surface area contributed by atoms with Crippen LogP contribution in [-0.2, 0) is 51.5 Å². The summed E-state index contributed by atoms with van der Waals surface area (Å²) < 4.78 is 145. The molecule has 4 aliphatic heterocycles. The quantitative estimate of drug-likeness (QED) is 0.0167. The first-order chi connectivity index (χ1) is 55.2. The maximum atomic E-state index is 13.2.